The van der Waals surface area contributed by atoms with Gasteiger partial charge in [0.2, 0.25) is 0 Å². The first-order chi connectivity index (χ1) is 29.5. The lowest BCUT2D eigenvalue weighted by molar-refractivity contribution is 0.664. The van der Waals surface area contributed by atoms with Gasteiger partial charge in [0.25, 0.3) is 0 Å². The first kappa shape index (κ1) is 34.4. The van der Waals surface area contributed by atoms with Crippen molar-refractivity contribution in [3.63, 3.8) is 0 Å². The van der Waals surface area contributed by atoms with Crippen molar-refractivity contribution in [2.75, 3.05) is 4.90 Å². The summed E-state index contributed by atoms with van der Waals surface area (Å²) in [5, 5.41) is 4.56. The van der Waals surface area contributed by atoms with Gasteiger partial charge < -0.3 is 13.9 Å². The summed E-state index contributed by atoms with van der Waals surface area (Å²) in [6, 6.07) is 74.4. The van der Waals surface area contributed by atoms with Crippen molar-refractivity contribution in [1.82, 2.24) is 4.57 Å². The Labute approximate surface area is 349 Å². The first-order valence-corrected chi connectivity index (χ1v) is 20.8. The molecule has 0 spiro atoms. The zero-order chi connectivity index (χ0) is 40.0. The van der Waals surface area contributed by atoms with E-state index in [1.807, 2.05) is 0 Å². The number of para-hydroxylation sites is 1. The fraction of sp³-hybridized carbons (Fsp3) is 0.0526. The topological polar surface area (TPSA) is 21.3 Å². The third-order valence-corrected chi connectivity index (χ3v) is 12.8. The molecule has 1 aliphatic carbocycles. The summed E-state index contributed by atoms with van der Waals surface area (Å²) in [6.07, 6.45) is 0. The van der Waals surface area contributed by atoms with E-state index in [1.165, 1.54) is 55.4 Å². The summed E-state index contributed by atoms with van der Waals surface area (Å²) in [5.74, 6) is 0. The highest BCUT2D eigenvalue weighted by Gasteiger charge is 2.38. The zero-order valence-electron chi connectivity index (χ0n) is 33.4. The maximum atomic E-state index is 7.13. The van der Waals surface area contributed by atoms with Crippen molar-refractivity contribution in [2.45, 2.75) is 19.3 Å². The van der Waals surface area contributed by atoms with Gasteiger partial charge in [-0.1, -0.05) is 153 Å². The average molecular weight is 769 g/mol. The summed E-state index contributed by atoms with van der Waals surface area (Å²) >= 11 is 0. The molecule has 1 aliphatic rings. The number of benzene rings is 9. The summed E-state index contributed by atoms with van der Waals surface area (Å²) in [7, 11) is 0. The quantitative estimate of drug-likeness (QED) is 0.168. The van der Waals surface area contributed by atoms with E-state index in [0.29, 0.717) is 0 Å². The number of hydrogen-bond donors (Lipinski definition) is 0. The number of nitrogens with zero attached hydrogens (tertiary/aromatic N) is 2. The van der Waals surface area contributed by atoms with Gasteiger partial charge >= 0.3 is 0 Å². The van der Waals surface area contributed by atoms with Crippen molar-refractivity contribution < 1.29 is 4.42 Å². The molecule has 9 aromatic carbocycles. The van der Waals surface area contributed by atoms with Crippen LogP contribution in [0.1, 0.15) is 25.0 Å². The summed E-state index contributed by atoms with van der Waals surface area (Å²) in [4.78, 5) is 2.33. The Kier molecular flexibility index (Phi) is 7.58. The van der Waals surface area contributed by atoms with Gasteiger partial charge in [-0.05, 0) is 105 Å². The van der Waals surface area contributed by atoms with Crippen LogP contribution in [-0.4, -0.2) is 4.57 Å². The van der Waals surface area contributed by atoms with Crippen LogP contribution in [0, 0.1) is 0 Å². The highest BCUT2D eigenvalue weighted by molar-refractivity contribution is 6.25. The Bertz CT molecular complexity index is 3330. The van der Waals surface area contributed by atoms with Crippen molar-refractivity contribution in [1.29, 1.82) is 0 Å². The number of hydrogen-bond acceptors (Lipinski definition) is 2. The standard InChI is InChI=1S/C57H40N2O/c1-57(2)50-21-13-12-20-45(50)47-32-33-49-53-51(59(55(49)54(47)57)41-18-10-5-11-19-41)35-34-48-46-31-30-44(36-52(46)60-56(48)53)58(42-26-22-39(23-27-42)37-14-6-3-7-15-37)43-28-24-40(25-29-43)38-16-8-4-9-17-38/h3-36H,1-2H3. The first-order valence-electron chi connectivity index (χ1n) is 20.8. The minimum absolute atomic E-state index is 0.184. The van der Waals surface area contributed by atoms with Crippen LogP contribution in [0.2, 0.25) is 0 Å². The predicted octanol–water partition coefficient (Wildman–Crippen LogP) is 15.8. The van der Waals surface area contributed by atoms with Crippen molar-refractivity contribution in [2.24, 2.45) is 0 Å². The van der Waals surface area contributed by atoms with Crippen LogP contribution in [0.15, 0.2) is 211 Å². The molecule has 0 fully saturated rings. The molecule has 0 amide bonds. The van der Waals surface area contributed by atoms with Gasteiger partial charge in [-0.15, -0.1) is 0 Å². The van der Waals surface area contributed by atoms with Gasteiger partial charge in [0.05, 0.1) is 16.4 Å². The van der Waals surface area contributed by atoms with Crippen molar-refractivity contribution >= 4 is 60.8 Å². The molecular formula is C57H40N2O. The molecule has 0 unspecified atom stereocenters. The molecule has 0 saturated heterocycles. The van der Waals surface area contributed by atoms with E-state index < -0.39 is 0 Å². The van der Waals surface area contributed by atoms with E-state index in [-0.39, 0.29) is 5.41 Å². The molecule has 0 aliphatic heterocycles. The van der Waals surface area contributed by atoms with Gasteiger partial charge in [0.1, 0.15) is 11.2 Å². The number of anilines is 3. The van der Waals surface area contributed by atoms with Crippen LogP contribution < -0.4 is 4.90 Å². The van der Waals surface area contributed by atoms with E-state index >= 15 is 0 Å². The predicted molar refractivity (Wildman–Crippen MR) is 251 cm³/mol. The van der Waals surface area contributed by atoms with Crippen molar-refractivity contribution in [3.05, 3.63) is 217 Å². The van der Waals surface area contributed by atoms with Gasteiger partial charge in [0, 0.05) is 50.4 Å². The second-order valence-corrected chi connectivity index (χ2v) is 16.5. The summed E-state index contributed by atoms with van der Waals surface area (Å²) in [6.45, 7) is 4.75. The van der Waals surface area contributed by atoms with Crippen LogP contribution >= 0.6 is 0 Å². The van der Waals surface area contributed by atoms with E-state index in [0.717, 1.165) is 55.6 Å². The maximum absolute atomic E-state index is 7.13. The molecular weight excluding hydrogens is 729 g/mol. The third-order valence-electron chi connectivity index (χ3n) is 12.8. The van der Waals surface area contributed by atoms with Crippen LogP contribution in [0.5, 0.6) is 0 Å². The summed E-state index contributed by atoms with van der Waals surface area (Å²) in [5.41, 5.74) is 18.4. The molecule has 60 heavy (non-hydrogen) atoms. The Morgan fingerprint density at radius 1 is 0.450 bits per heavy atom. The molecule has 2 heterocycles. The Morgan fingerprint density at radius 3 is 1.63 bits per heavy atom. The van der Waals surface area contributed by atoms with E-state index in [4.69, 9.17) is 4.42 Å². The zero-order valence-corrected chi connectivity index (χ0v) is 33.4. The molecule has 2 aromatic heterocycles. The highest BCUT2D eigenvalue weighted by atomic mass is 16.3. The Hall–Kier alpha value is -7.62. The van der Waals surface area contributed by atoms with Gasteiger partial charge in [-0.3, -0.25) is 0 Å². The molecule has 0 saturated carbocycles. The van der Waals surface area contributed by atoms with Gasteiger partial charge in [0.15, 0.2) is 0 Å². The van der Waals surface area contributed by atoms with Crippen LogP contribution in [-0.2, 0) is 5.41 Å². The maximum Gasteiger partial charge on any atom is 0.145 e. The number of furan rings is 1. The SMILES string of the molecule is CC1(C)c2ccccc2-c2ccc3c4c5oc6cc(N(c7ccc(-c8ccccc8)cc7)c7ccc(-c8ccccc8)cc7)ccc6c5ccc4n(-c4ccccc4)c3c21. The molecule has 0 N–H and O–H groups in total. The largest absolute Gasteiger partial charge is 0.455 e. The Morgan fingerprint density at radius 2 is 0.983 bits per heavy atom. The molecule has 284 valence electrons. The van der Waals surface area contributed by atoms with Crippen LogP contribution in [0.3, 0.4) is 0 Å². The lowest BCUT2D eigenvalue weighted by atomic mass is 9.81. The fourth-order valence-electron chi connectivity index (χ4n) is 9.96. The smallest absolute Gasteiger partial charge is 0.145 e. The Balaban J connectivity index is 1.06. The molecule has 3 nitrogen and oxygen atoms in total. The molecule has 0 radical (unpaired) electrons. The second kappa shape index (κ2) is 13.2. The number of fused-ring (bicyclic) bond motifs is 11. The van der Waals surface area contributed by atoms with E-state index in [2.05, 4.69) is 230 Å². The molecule has 0 atom stereocenters. The molecule has 11 aromatic rings. The second-order valence-electron chi connectivity index (χ2n) is 16.5. The van der Waals surface area contributed by atoms with Gasteiger partial charge in [-0.2, -0.15) is 0 Å². The highest BCUT2D eigenvalue weighted by Crippen LogP contribution is 2.54. The lowest BCUT2D eigenvalue weighted by Gasteiger charge is -2.26. The van der Waals surface area contributed by atoms with Crippen LogP contribution in [0.4, 0.5) is 17.1 Å². The van der Waals surface area contributed by atoms with Gasteiger partial charge in [-0.25, -0.2) is 0 Å². The lowest BCUT2D eigenvalue weighted by Crippen LogP contribution is -2.16. The molecule has 12 rings (SSSR count). The molecule has 0 bridgehead atoms. The summed E-state index contributed by atoms with van der Waals surface area (Å²) < 4.78 is 9.60. The monoisotopic (exact) mass is 768 g/mol. The van der Waals surface area contributed by atoms with E-state index in [9.17, 15) is 0 Å². The normalized spacial score (nSPS) is 13.0. The minimum Gasteiger partial charge on any atom is -0.455 e. The number of aromatic nitrogens is 1. The third kappa shape index (κ3) is 5.15. The molecule has 3 heteroatoms. The fourth-order valence-corrected chi connectivity index (χ4v) is 9.96. The van der Waals surface area contributed by atoms with Crippen molar-refractivity contribution in [3.8, 4) is 39.1 Å². The average Bonchev–Trinajstić information content (AvgIpc) is 3.93. The number of rotatable bonds is 6. The van der Waals surface area contributed by atoms with E-state index in [1.54, 1.807) is 0 Å². The minimum atomic E-state index is -0.184. The van der Waals surface area contributed by atoms with Crippen LogP contribution in [0.25, 0.3) is 82.8 Å².